The van der Waals surface area contributed by atoms with Crippen LogP contribution in [0.1, 0.15) is 5.56 Å². The zero-order chi connectivity index (χ0) is 19.6. The molecule has 0 N–H and O–H groups in total. The molecule has 0 unspecified atom stereocenters. The van der Waals surface area contributed by atoms with E-state index in [1.54, 1.807) is 38.5 Å². The Morgan fingerprint density at radius 1 is 1.33 bits per heavy atom. The summed E-state index contributed by atoms with van der Waals surface area (Å²) in [7, 11) is 0.0593. The van der Waals surface area contributed by atoms with Crippen LogP contribution in [0.5, 0.6) is 11.5 Å². The molecule has 0 aromatic heterocycles. The number of amides is 1. The van der Waals surface area contributed by atoms with Crippen molar-refractivity contribution in [3.05, 3.63) is 36.4 Å². The van der Waals surface area contributed by atoms with Crippen LogP contribution in [0, 0.1) is 0 Å². The molecule has 2 saturated heterocycles. The molecule has 0 radical (unpaired) electrons. The molecule has 0 spiro atoms. The third-order valence-corrected chi connectivity index (χ3v) is 7.77. The molecule has 2 aliphatic rings. The molecule has 0 aliphatic carbocycles. The highest BCUT2D eigenvalue weighted by Crippen LogP contribution is 2.38. The number of hydrogen-bond acceptors (Lipinski definition) is 6. The highest BCUT2D eigenvalue weighted by atomic mass is 32.2. The summed E-state index contributed by atoms with van der Waals surface area (Å²) in [6.45, 7) is 4.19. The Bertz CT molecular complexity index is 882. The van der Waals surface area contributed by atoms with Gasteiger partial charge in [-0.2, -0.15) is 4.99 Å². The van der Waals surface area contributed by atoms with Gasteiger partial charge in [0.15, 0.2) is 26.5 Å². The van der Waals surface area contributed by atoms with Gasteiger partial charge < -0.3 is 14.4 Å². The highest BCUT2D eigenvalue weighted by molar-refractivity contribution is 8.15. The van der Waals surface area contributed by atoms with Crippen LogP contribution in [-0.4, -0.2) is 68.0 Å². The second-order valence-corrected chi connectivity index (χ2v) is 9.76. The molecule has 146 valence electrons. The number of thioether (sulfide) groups is 1. The summed E-state index contributed by atoms with van der Waals surface area (Å²) in [5, 5.41) is 0.493. The first kappa shape index (κ1) is 19.8. The van der Waals surface area contributed by atoms with Crippen LogP contribution in [0.4, 0.5) is 0 Å². The van der Waals surface area contributed by atoms with E-state index in [-0.39, 0.29) is 35.1 Å². The normalized spacial score (nSPS) is 24.7. The molecule has 2 heterocycles. The molecule has 1 amide bonds. The lowest BCUT2D eigenvalue weighted by atomic mass is 10.1. The van der Waals surface area contributed by atoms with Crippen molar-refractivity contribution in [2.24, 2.45) is 4.99 Å². The highest BCUT2D eigenvalue weighted by Gasteiger charge is 2.48. The fourth-order valence-corrected chi connectivity index (χ4v) is 7.28. The van der Waals surface area contributed by atoms with Crippen molar-refractivity contribution in [3.8, 4) is 11.5 Å². The van der Waals surface area contributed by atoms with Gasteiger partial charge in [-0.05, 0) is 17.7 Å². The number of methoxy groups -OCH3 is 2. The van der Waals surface area contributed by atoms with E-state index in [1.807, 2.05) is 4.90 Å². The second-order valence-electron chi connectivity index (χ2n) is 6.40. The summed E-state index contributed by atoms with van der Waals surface area (Å²) in [6, 6.07) is 5.15. The van der Waals surface area contributed by atoms with Gasteiger partial charge in [0.2, 0.25) is 0 Å². The first-order valence-corrected chi connectivity index (χ1v) is 11.1. The van der Waals surface area contributed by atoms with Crippen molar-refractivity contribution >= 4 is 32.7 Å². The van der Waals surface area contributed by atoms with E-state index in [9.17, 15) is 13.2 Å². The molecular weight excluding hydrogens is 388 g/mol. The summed E-state index contributed by atoms with van der Waals surface area (Å²) in [5.41, 5.74) is 0.767. The van der Waals surface area contributed by atoms with Gasteiger partial charge in [-0.1, -0.05) is 23.9 Å². The number of rotatable bonds is 6. The topological polar surface area (TPSA) is 85.3 Å². The third-order valence-electron chi connectivity index (χ3n) is 4.52. The van der Waals surface area contributed by atoms with Crippen LogP contribution < -0.4 is 9.47 Å². The van der Waals surface area contributed by atoms with Crippen molar-refractivity contribution in [1.82, 2.24) is 4.90 Å². The number of nitrogens with zero attached hydrogens (tertiary/aromatic N) is 2. The summed E-state index contributed by atoms with van der Waals surface area (Å²) >= 11 is 1.37. The van der Waals surface area contributed by atoms with Gasteiger partial charge in [-0.3, -0.25) is 4.79 Å². The van der Waals surface area contributed by atoms with Crippen LogP contribution >= 0.6 is 11.8 Å². The lowest BCUT2D eigenvalue weighted by molar-refractivity contribution is -0.117. The minimum atomic E-state index is -3.03. The Balaban J connectivity index is 1.76. The number of fused-ring (bicyclic) bond motifs is 1. The lowest BCUT2D eigenvalue weighted by Gasteiger charge is -2.22. The van der Waals surface area contributed by atoms with Crippen molar-refractivity contribution in [1.29, 1.82) is 0 Å². The summed E-state index contributed by atoms with van der Waals surface area (Å²) in [4.78, 5) is 18.6. The molecule has 0 saturated carbocycles. The predicted octanol–water partition coefficient (Wildman–Crippen LogP) is 1.53. The maximum atomic E-state index is 12.5. The second kappa shape index (κ2) is 7.93. The van der Waals surface area contributed by atoms with Gasteiger partial charge in [0.1, 0.15) is 0 Å². The van der Waals surface area contributed by atoms with Crippen LogP contribution in [0.2, 0.25) is 0 Å². The van der Waals surface area contributed by atoms with E-state index in [2.05, 4.69) is 11.6 Å². The fraction of sp³-hybridized carbons (Fsp3) is 0.444. The maximum absolute atomic E-state index is 12.5. The van der Waals surface area contributed by atoms with Gasteiger partial charge in [-0.15, -0.1) is 6.58 Å². The van der Waals surface area contributed by atoms with Crippen molar-refractivity contribution in [2.75, 3.05) is 32.3 Å². The van der Waals surface area contributed by atoms with Gasteiger partial charge in [0.05, 0.1) is 38.2 Å². The molecule has 2 fully saturated rings. The van der Waals surface area contributed by atoms with Gasteiger partial charge in [-0.25, -0.2) is 8.42 Å². The number of sulfone groups is 1. The monoisotopic (exact) mass is 410 g/mol. The minimum absolute atomic E-state index is 0.0809. The Morgan fingerprint density at radius 2 is 2.07 bits per heavy atom. The summed E-state index contributed by atoms with van der Waals surface area (Å²) < 4.78 is 34.2. The number of ether oxygens (including phenoxy) is 2. The standard InChI is InChI=1S/C18H22N2O5S2/c1-4-7-20-13-10-27(22,23)11-16(13)26-18(20)19-17(21)9-12-5-6-14(24-2)15(8-12)25-3/h4-6,8,13,16H,1,7,9-11H2,2-3H3/t13-,16-/m0/s1. The average Bonchev–Trinajstić information content (AvgIpc) is 3.07. The maximum Gasteiger partial charge on any atom is 0.252 e. The molecular formula is C18H22N2O5S2. The Labute approximate surface area is 163 Å². The van der Waals surface area contributed by atoms with E-state index < -0.39 is 9.84 Å². The number of benzene rings is 1. The van der Waals surface area contributed by atoms with Crippen LogP contribution in [0.15, 0.2) is 35.8 Å². The molecule has 1 aromatic carbocycles. The molecule has 2 aliphatic heterocycles. The molecule has 1 aromatic rings. The summed E-state index contributed by atoms with van der Waals surface area (Å²) in [5.74, 6) is 1.08. The lowest BCUT2D eigenvalue weighted by Crippen LogP contribution is -2.37. The van der Waals surface area contributed by atoms with Gasteiger partial charge in [0.25, 0.3) is 5.91 Å². The number of aliphatic imine (C=N–C) groups is 1. The van der Waals surface area contributed by atoms with Crippen LogP contribution in [0.3, 0.4) is 0 Å². The third kappa shape index (κ3) is 4.30. The Hall–Kier alpha value is -2.00. The van der Waals surface area contributed by atoms with Gasteiger partial charge in [0, 0.05) is 11.8 Å². The zero-order valence-electron chi connectivity index (χ0n) is 15.3. The zero-order valence-corrected chi connectivity index (χ0v) is 16.9. The van der Waals surface area contributed by atoms with Crippen LogP contribution in [-0.2, 0) is 21.1 Å². The van der Waals surface area contributed by atoms with E-state index in [0.29, 0.717) is 23.2 Å². The SMILES string of the molecule is C=CCN1C(=NC(=O)Cc2ccc(OC)c(OC)c2)S[C@H]2CS(=O)(=O)C[C@@H]21. The van der Waals surface area contributed by atoms with E-state index in [0.717, 1.165) is 5.56 Å². The first-order chi connectivity index (χ1) is 12.9. The average molecular weight is 411 g/mol. The number of hydrogen-bond donors (Lipinski definition) is 0. The molecule has 3 rings (SSSR count). The van der Waals surface area contributed by atoms with E-state index in [4.69, 9.17) is 9.47 Å². The molecule has 27 heavy (non-hydrogen) atoms. The van der Waals surface area contributed by atoms with Crippen molar-refractivity contribution in [2.45, 2.75) is 17.7 Å². The van der Waals surface area contributed by atoms with Gasteiger partial charge >= 0.3 is 0 Å². The van der Waals surface area contributed by atoms with E-state index in [1.165, 1.54) is 11.8 Å². The van der Waals surface area contributed by atoms with Crippen molar-refractivity contribution in [3.63, 3.8) is 0 Å². The Morgan fingerprint density at radius 3 is 2.74 bits per heavy atom. The number of amidine groups is 1. The van der Waals surface area contributed by atoms with Crippen LogP contribution in [0.25, 0.3) is 0 Å². The quantitative estimate of drug-likeness (QED) is 0.658. The largest absolute Gasteiger partial charge is 0.493 e. The number of carbonyl (C=O) groups is 1. The molecule has 7 nitrogen and oxygen atoms in total. The number of carbonyl (C=O) groups excluding carboxylic acids is 1. The molecule has 0 bridgehead atoms. The Kier molecular flexibility index (Phi) is 5.81. The molecule has 9 heteroatoms. The predicted molar refractivity (Wildman–Crippen MR) is 106 cm³/mol. The van der Waals surface area contributed by atoms with E-state index >= 15 is 0 Å². The summed E-state index contributed by atoms with van der Waals surface area (Å²) in [6.07, 6.45) is 1.82. The fourth-order valence-electron chi connectivity index (χ4n) is 3.30. The molecule has 2 atom stereocenters. The van der Waals surface area contributed by atoms with Crippen molar-refractivity contribution < 1.29 is 22.7 Å². The smallest absolute Gasteiger partial charge is 0.252 e. The first-order valence-electron chi connectivity index (χ1n) is 8.44. The minimum Gasteiger partial charge on any atom is -0.493 e.